The minimum Gasteiger partial charge on any atom is -0.492 e. The first-order chi connectivity index (χ1) is 14.9. The molecule has 7 nitrogen and oxygen atoms in total. The third kappa shape index (κ3) is 5.98. The maximum absolute atomic E-state index is 12.5. The summed E-state index contributed by atoms with van der Waals surface area (Å²) in [5, 5.41) is 2.79. The highest BCUT2D eigenvalue weighted by Crippen LogP contribution is 2.23. The number of hydrogen-bond donors (Lipinski definition) is 1. The maximum Gasteiger partial charge on any atom is 0.260 e. The van der Waals surface area contributed by atoms with Gasteiger partial charge in [-0.25, -0.2) is 8.42 Å². The Morgan fingerprint density at radius 1 is 1.10 bits per heavy atom. The molecule has 0 aliphatic carbocycles. The van der Waals surface area contributed by atoms with E-state index >= 15 is 0 Å². The topological polar surface area (TPSA) is 84.9 Å². The second kappa shape index (κ2) is 10.6. The molecular formula is C23H30N2O5S. The van der Waals surface area contributed by atoms with Crippen molar-refractivity contribution in [3.05, 3.63) is 54.1 Å². The Bertz CT molecular complexity index is 970. The van der Waals surface area contributed by atoms with Gasteiger partial charge in [0.15, 0.2) is 6.10 Å². The molecule has 0 bridgehead atoms. The van der Waals surface area contributed by atoms with Crippen LogP contribution in [0.1, 0.15) is 32.3 Å². The standard InChI is InChI=1S/C23H30N2O5S/c1-3-19-8-4-5-9-22(19)30-18(2)23(26)24-14-17-29-20-10-12-21(13-11-20)31(27,28)25-15-6-7-16-25/h4-5,8-13,18H,3,6-7,14-17H2,1-2H3,(H,24,26)/t18-/m0/s1. The Balaban J connectivity index is 1.43. The molecule has 2 aromatic rings. The molecule has 0 spiro atoms. The molecule has 8 heteroatoms. The van der Waals surface area contributed by atoms with Crippen LogP contribution in [-0.2, 0) is 21.2 Å². The summed E-state index contributed by atoms with van der Waals surface area (Å²) in [6.07, 6.45) is 2.01. The quantitative estimate of drug-likeness (QED) is 0.567. The number of carbonyl (C=O) groups is 1. The van der Waals surface area contributed by atoms with E-state index < -0.39 is 16.1 Å². The summed E-state index contributed by atoms with van der Waals surface area (Å²) >= 11 is 0. The molecule has 0 unspecified atom stereocenters. The number of benzene rings is 2. The number of nitrogens with zero attached hydrogens (tertiary/aromatic N) is 1. The third-order valence-electron chi connectivity index (χ3n) is 5.22. The van der Waals surface area contributed by atoms with Crippen molar-refractivity contribution in [2.45, 2.75) is 44.1 Å². The van der Waals surface area contributed by atoms with E-state index in [1.807, 2.05) is 31.2 Å². The van der Waals surface area contributed by atoms with Crippen LogP contribution in [0.4, 0.5) is 0 Å². The predicted octanol–water partition coefficient (Wildman–Crippen LogP) is 3.00. The lowest BCUT2D eigenvalue weighted by Crippen LogP contribution is -2.38. The molecule has 2 aromatic carbocycles. The summed E-state index contributed by atoms with van der Waals surface area (Å²) in [6, 6.07) is 14.1. The molecule has 0 saturated carbocycles. The van der Waals surface area contributed by atoms with Crippen LogP contribution in [0.2, 0.25) is 0 Å². The molecule has 0 aromatic heterocycles. The lowest BCUT2D eigenvalue weighted by atomic mass is 10.1. The van der Waals surface area contributed by atoms with E-state index in [1.54, 1.807) is 31.2 Å². The first kappa shape index (κ1) is 23.1. The Kier molecular flexibility index (Phi) is 7.92. The Hall–Kier alpha value is -2.58. The highest BCUT2D eigenvalue weighted by atomic mass is 32.2. The highest BCUT2D eigenvalue weighted by molar-refractivity contribution is 7.89. The van der Waals surface area contributed by atoms with Gasteiger partial charge in [-0.1, -0.05) is 25.1 Å². The molecule has 1 N–H and O–H groups in total. The van der Waals surface area contributed by atoms with Gasteiger partial charge in [0.25, 0.3) is 5.91 Å². The number of sulfonamides is 1. The number of ether oxygens (including phenoxy) is 2. The second-order valence-corrected chi connectivity index (χ2v) is 9.38. The molecule has 1 amide bonds. The average molecular weight is 447 g/mol. The van der Waals surface area contributed by atoms with Gasteiger partial charge in [0.05, 0.1) is 11.4 Å². The maximum atomic E-state index is 12.5. The van der Waals surface area contributed by atoms with Gasteiger partial charge >= 0.3 is 0 Å². The van der Waals surface area contributed by atoms with Crippen molar-refractivity contribution in [3.8, 4) is 11.5 Å². The minimum atomic E-state index is -3.43. The van der Waals surface area contributed by atoms with Crippen molar-refractivity contribution in [3.63, 3.8) is 0 Å². The zero-order valence-corrected chi connectivity index (χ0v) is 18.9. The van der Waals surface area contributed by atoms with Gasteiger partial charge in [0.1, 0.15) is 18.1 Å². The molecular weight excluding hydrogens is 416 g/mol. The summed E-state index contributed by atoms with van der Waals surface area (Å²) in [4.78, 5) is 12.5. The molecule has 31 heavy (non-hydrogen) atoms. The Morgan fingerprint density at radius 2 is 1.77 bits per heavy atom. The molecule has 1 aliphatic rings. The van der Waals surface area contributed by atoms with Crippen LogP contribution < -0.4 is 14.8 Å². The normalized spacial score (nSPS) is 15.4. The molecule has 3 rings (SSSR count). The Morgan fingerprint density at radius 3 is 2.45 bits per heavy atom. The fourth-order valence-corrected chi connectivity index (χ4v) is 4.94. The van der Waals surface area contributed by atoms with Crippen molar-refractivity contribution in [1.82, 2.24) is 9.62 Å². The number of para-hydroxylation sites is 1. The van der Waals surface area contributed by atoms with Crippen LogP contribution in [0.5, 0.6) is 11.5 Å². The number of carbonyl (C=O) groups excluding carboxylic acids is 1. The lowest BCUT2D eigenvalue weighted by molar-refractivity contribution is -0.127. The number of rotatable bonds is 10. The smallest absolute Gasteiger partial charge is 0.260 e. The van der Waals surface area contributed by atoms with Gasteiger partial charge in [-0.05, 0) is 62.1 Å². The monoisotopic (exact) mass is 446 g/mol. The van der Waals surface area contributed by atoms with Gasteiger partial charge in [-0.15, -0.1) is 0 Å². The van der Waals surface area contributed by atoms with E-state index in [0.29, 0.717) is 31.1 Å². The van der Waals surface area contributed by atoms with Crippen molar-refractivity contribution >= 4 is 15.9 Å². The summed E-state index contributed by atoms with van der Waals surface area (Å²) in [7, 11) is -3.43. The zero-order chi connectivity index (χ0) is 22.3. The molecule has 1 saturated heterocycles. The lowest BCUT2D eigenvalue weighted by Gasteiger charge is -2.17. The summed E-state index contributed by atoms with van der Waals surface area (Å²) in [5.41, 5.74) is 1.06. The Labute approximate surface area is 184 Å². The van der Waals surface area contributed by atoms with Crippen molar-refractivity contribution < 1.29 is 22.7 Å². The number of nitrogens with one attached hydrogen (secondary N) is 1. The summed E-state index contributed by atoms with van der Waals surface area (Å²) < 4.78 is 38.0. The van der Waals surface area contributed by atoms with E-state index in [-0.39, 0.29) is 17.4 Å². The fourth-order valence-electron chi connectivity index (χ4n) is 3.43. The van der Waals surface area contributed by atoms with Crippen molar-refractivity contribution in [2.24, 2.45) is 0 Å². The molecule has 1 aliphatic heterocycles. The van der Waals surface area contributed by atoms with E-state index in [1.165, 1.54) is 4.31 Å². The zero-order valence-electron chi connectivity index (χ0n) is 18.0. The number of amides is 1. The van der Waals surface area contributed by atoms with Gasteiger partial charge in [-0.3, -0.25) is 4.79 Å². The van der Waals surface area contributed by atoms with Gasteiger partial charge in [-0.2, -0.15) is 4.31 Å². The van der Waals surface area contributed by atoms with Crippen LogP contribution in [0.3, 0.4) is 0 Å². The molecule has 0 radical (unpaired) electrons. The minimum absolute atomic E-state index is 0.221. The predicted molar refractivity (Wildman–Crippen MR) is 119 cm³/mol. The third-order valence-corrected chi connectivity index (χ3v) is 7.14. The highest BCUT2D eigenvalue weighted by Gasteiger charge is 2.26. The molecule has 1 fully saturated rings. The number of hydrogen-bond acceptors (Lipinski definition) is 5. The largest absolute Gasteiger partial charge is 0.492 e. The van der Waals surface area contributed by atoms with E-state index in [9.17, 15) is 13.2 Å². The molecule has 168 valence electrons. The van der Waals surface area contributed by atoms with E-state index in [2.05, 4.69) is 5.32 Å². The molecule has 1 heterocycles. The van der Waals surface area contributed by atoms with Gasteiger partial charge in [0.2, 0.25) is 10.0 Å². The van der Waals surface area contributed by atoms with Crippen molar-refractivity contribution in [1.29, 1.82) is 0 Å². The van der Waals surface area contributed by atoms with E-state index in [4.69, 9.17) is 9.47 Å². The average Bonchev–Trinajstić information content (AvgIpc) is 3.33. The molecule has 1 atom stereocenters. The van der Waals surface area contributed by atoms with Gasteiger partial charge in [0, 0.05) is 13.1 Å². The van der Waals surface area contributed by atoms with Gasteiger partial charge < -0.3 is 14.8 Å². The van der Waals surface area contributed by atoms with Crippen LogP contribution in [-0.4, -0.2) is 51.0 Å². The number of aryl methyl sites for hydroxylation is 1. The SMILES string of the molecule is CCc1ccccc1O[C@@H](C)C(=O)NCCOc1ccc(S(=O)(=O)N2CCCC2)cc1. The first-order valence-corrected chi connectivity index (χ1v) is 12.1. The second-order valence-electron chi connectivity index (χ2n) is 7.44. The summed E-state index contributed by atoms with van der Waals surface area (Å²) in [5.74, 6) is 1.05. The summed E-state index contributed by atoms with van der Waals surface area (Å²) in [6.45, 7) is 5.48. The van der Waals surface area contributed by atoms with Crippen LogP contribution in [0.15, 0.2) is 53.4 Å². The first-order valence-electron chi connectivity index (χ1n) is 10.7. The van der Waals surface area contributed by atoms with Crippen molar-refractivity contribution in [2.75, 3.05) is 26.2 Å². The fraction of sp³-hybridized carbons (Fsp3) is 0.435. The van der Waals surface area contributed by atoms with Crippen LogP contribution >= 0.6 is 0 Å². The van der Waals surface area contributed by atoms with Crippen LogP contribution in [0.25, 0.3) is 0 Å². The van der Waals surface area contributed by atoms with E-state index in [0.717, 1.165) is 24.8 Å². The van der Waals surface area contributed by atoms with Crippen LogP contribution in [0, 0.1) is 0 Å².